The quantitative estimate of drug-likeness (QED) is 0.474. The van der Waals surface area contributed by atoms with Crippen LogP contribution in [0.25, 0.3) is 0 Å². The molecule has 5 rings (SSSR count). The van der Waals surface area contributed by atoms with Gasteiger partial charge < -0.3 is 4.90 Å². The molecule has 1 aliphatic carbocycles. The lowest BCUT2D eigenvalue weighted by Gasteiger charge is -2.41. The molecule has 2 fully saturated rings. The highest BCUT2D eigenvalue weighted by atomic mass is 32.1. The minimum Gasteiger partial charge on any atom is -0.331 e. The van der Waals surface area contributed by atoms with E-state index in [-0.39, 0.29) is 11.9 Å². The highest BCUT2D eigenvalue weighted by molar-refractivity contribution is 7.07. The summed E-state index contributed by atoms with van der Waals surface area (Å²) >= 11 is 1.77. The Balaban J connectivity index is 1.36. The molecule has 1 saturated carbocycles. The zero-order valence-corrected chi connectivity index (χ0v) is 19.3. The molecule has 1 aliphatic heterocycles. The van der Waals surface area contributed by atoms with Gasteiger partial charge in [0.2, 0.25) is 0 Å². The number of hydrogen-bond donors (Lipinski definition) is 0. The molecule has 5 heteroatoms. The number of carbonyl (C=O) groups excluding carboxylic acids is 1. The van der Waals surface area contributed by atoms with Crippen LogP contribution < -0.4 is 0 Å². The van der Waals surface area contributed by atoms with Crippen LogP contribution in [0.4, 0.5) is 0 Å². The Hall–Kier alpha value is -2.50. The van der Waals surface area contributed by atoms with Gasteiger partial charge in [0.15, 0.2) is 0 Å². The third kappa shape index (κ3) is 5.11. The second-order valence-electron chi connectivity index (χ2n) is 9.16. The number of hydrogen-bond acceptors (Lipinski definition) is 4. The van der Waals surface area contributed by atoms with Gasteiger partial charge in [-0.15, -0.1) is 0 Å². The first-order valence-electron chi connectivity index (χ1n) is 11.8. The van der Waals surface area contributed by atoms with Gasteiger partial charge in [-0.1, -0.05) is 36.4 Å². The number of pyridine rings is 1. The number of piperidine rings is 1. The van der Waals surface area contributed by atoms with Crippen LogP contribution in [-0.4, -0.2) is 45.9 Å². The zero-order valence-electron chi connectivity index (χ0n) is 18.5. The van der Waals surface area contributed by atoms with Gasteiger partial charge in [-0.2, -0.15) is 11.3 Å². The van der Waals surface area contributed by atoms with Crippen molar-refractivity contribution in [3.63, 3.8) is 0 Å². The van der Waals surface area contributed by atoms with E-state index in [1.165, 1.54) is 11.1 Å². The second kappa shape index (κ2) is 9.97. The highest BCUT2D eigenvalue weighted by Crippen LogP contribution is 2.36. The van der Waals surface area contributed by atoms with Gasteiger partial charge in [0, 0.05) is 24.8 Å². The zero-order chi connectivity index (χ0) is 21.8. The van der Waals surface area contributed by atoms with E-state index >= 15 is 0 Å². The van der Waals surface area contributed by atoms with E-state index in [0.717, 1.165) is 51.7 Å². The fraction of sp³-hybridized carbons (Fsp3) is 0.407. The first-order valence-corrected chi connectivity index (χ1v) is 12.7. The summed E-state index contributed by atoms with van der Waals surface area (Å²) in [7, 11) is 0. The molecule has 3 heterocycles. The topological polar surface area (TPSA) is 36.4 Å². The Labute approximate surface area is 194 Å². The molecule has 0 bridgehead atoms. The van der Waals surface area contributed by atoms with Crippen LogP contribution in [-0.2, 0) is 13.0 Å². The predicted octanol–water partition coefficient (Wildman–Crippen LogP) is 5.27. The van der Waals surface area contributed by atoms with Crippen molar-refractivity contribution in [3.05, 3.63) is 88.4 Å². The SMILES string of the molecule is O=C(c1ccccn1)N(C1CC1)[C@H](Cc1ccccc1)C1CCN(Cc2ccsc2)CC1. The number of benzene rings is 1. The van der Waals surface area contributed by atoms with E-state index in [2.05, 4.69) is 61.9 Å². The van der Waals surface area contributed by atoms with E-state index in [9.17, 15) is 4.79 Å². The maximum Gasteiger partial charge on any atom is 0.272 e. The molecule has 0 N–H and O–H groups in total. The van der Waals surface area contributed by atoms with Crippen molar-refractivity contribution < 1.29 is 4.79 Å². The fourth-order valence-corrected chi connectivity index (χ4v) is 5.71. The summed E-state index contributed by atoms with van der Waals surface area (Å²) in [5.74, 6) is 0.622. The molecule has 0 radical (unpaired) electrons. The molecular formula is C27H31N3OS. The van der Waals surface area contributed by atoms with Crippen LogP contribution in [0.2, 0.25) is 0 Å². The first kappa shape index (κ1) is 21.4. The molecule has 166 valence electrons. The molecule has 1 atom stereocenters. The lowest BCUT2D eigenvalue weighted by Crippen LogP contribution is -2.50. The average molecular weight is 446 g/mol. The number of aromatic nitrogens is 1. The second-order valence-corrected chi connectivity index (χ2v) is 9.94. The minimum absolute atomic E-state index is 0.106. The van der Waals surface area contributed by atoms with Crippen LogP contribution >= 0.6 is 11.3 Å². The molecule has 2 aliphatic rings. The number of likely N-dealkylation sites (tertiary alicyclic amines) is 1. The summed E-state index contributed by atoms with van der Waals surface area (Å²) < 4.78 is 0. The van der Waals surface area contributed by atoms with E-state index < -0.39 is 0 Å². The van der Waals surface area contributed by atoms with Gasteiger partial charge in [0.25, 0.3) is 5.91 Å². The third-order valence-electron chi connectivity index (χ3n) is 6.87. The molecule has 4 nitrogen and oxygen atoms in total. The van der Waals surface area contributed by atoms with Crippen molar-refractivity contribution in [1.29, 1.82) is 0 Å². The molecule has 1 amide bonds. The van der Waals surface area contributed by atoms with Crippen LogP contribution in [0.15, 0.2) is 71.6 Å². The smallest absolute Gasteiger partial charge is 0.272 e. The summed E-state index contributed by atoms with van der Waals surface area (Å²) in [6, 6.07) is 19.2. The van der Waals surface area contributed by atoms with E-state index in [1.807, 2.05) is 18.2 Å². The van der Waals surface area contributed by atoms with Crippen LogP contribution in [0, 0.1) is 5.92 Å². The first-order chi connectivity index (χ1) is 15.8. The minimum atomic E-state index is 0.106. The van der Waals surface area contributed by atoms with E-state index in [1.54, 1.807) is 17.5 Å². The Kier molecular flexibility index (Phi) is 6.65. The predicted molar refractivity (Wildman–Crippen MR) is 130 cm³/mol. The van der Waals surface area contributed by atoms with Crippen molar-refractivity contribution >= 4 is 17.2 Å². The Morgan fingerprint density at radius 1 is 1.00 bits per heavy atom. The molecule has 1 saturated heterocycles. The van der Waals surface area contributed by atoms with Crippen molar-refractivity contribution in [3.8, 4) is 0 Å². The lowest BCUT2D eigenvalue weighted by atomic mass is 9.84. The van der Waals surface area contributed by atoms with E-state index in [4.69, 9.17) is 0 Å². The van der Waals surface area contributed by atoms with Gasteiger partial charge in [-0.3, -0.25) is 14.7 Å². The molecular weight excluding hydrogens is 414 g/mol. The summed E-state index contributed by atoms with van der Waals surface area (Å²) in [4.78, 5) is 22.8. The van der Waals surface area contributed by atoms with E-state index in [0.29, 0.717) is 17.7 Å². The van der Waals surface area contributed by atoms with Gasteiger partial charge >= 0.3 is 0 Å². The average Bonchev–Trinajstić information content (AvgIpc) is 3.55. The summed E-state index contributed by atoms with van der Waals surface area (Å²) in [6.07, 6.45) is 7.15. The molecule has 0 unspecified atom stereocenters. The lowest BCUT2D eigenvalue weighted by molar-refractivity contribution is 0.0477. The molecule has 1 aromatic carbocycles. The number of thiophene rings is 1. The third-order valence-corrected chi connectivity index (χ3v) is 7.60. The number of nitrogens with zero attached hydrogens (tertiary/aromatic N) is 3. The fourth-order valence-electron chi connectivity index (χ4n) is 5.05. The van der Waals surface area contributed by atoms with Crippen molar-refractivity contribution in [2.24, 2.45) is 5.92 Å². The largest absolute Gasteiger partial charge is 0.331 e. The van der Waals surface area contributed by atoms with Crippen LogP contribution in [0.3, 0.4) is 0 Å². The van der Waals surface area contributed by atoms with Crippen LogP contribution in [0.5, 0.6) is 0 Å². The van der Waals surface area contributed by atoms with Crippen LogP contribution in [0.1, 0.15) is 47.3 Å². The normalized spacial score (nSPS) is 18.4. The Morgan fingerprint density at radius 2 is 1.78 bits per heavy atom. The summed E-state index contributed by atoms with van der Waals surface area (Å²) in [5.41, 5.74) is 3.31. The highest BCUT2D eigenvalue weighted by Gasteiger charge is 2.41. The Morgan fingerprint density at radius 3 is 2.44 bits per heavy atom. The number of rotatable bonds is 8. The number of carbonyl (C=O) groups is 1. The van der Waals surface area contributed by atoms with Crippen molar-refractivity contribution in [2.75, 3.05) is 13.1 Å². The molecule has 3 aromatic rings. The van der Waals surface area contributed by atoms with Gasteiger partial charge in [-0.05, 0) is 91.2 Å². The van der Waals surface area contributed by atoms with Gasteiger partial charge in [-0.25, -0.2) is 0 Å². The van der Waals surface area contributed by atoms with Gasteiger partial charge in [0.1, 0.15) is 5.69 Å². The maximum atomic E-state index is 13.6. The molecule has 2 aromatic heterocycles. The molecule has 0 spiro atoms. The Bertz CT molecular complexity index is 980. The maximum absolute atomic E-state index is 13.6. The van der Waals surface area contributed by atoms with Gasteiger partial charge in [0.05, 0.1) is 0 Å². The standard InChI is InChI=1S/C27H31N3OS/c31-27(25-8-4-5-14-28-25)30(24-9-10-24)26(18-21-6-2-1-3-7-21)23-11-15-29(16-12-23)19-22-13-17-32-20-22/h1-8,13-14,17,20,23-24,26H,9-12,15-16,18-19H2/t26-/m1/s1. The monoisotopic (exact) mass is 445 g/mol. The number of amides is 1. The van der Waals surface area contributed by atoms with Crippen molar-refractivity contribution in [2.45, 2.75) is 50.7 Å². The summed E-state index contributed by atoms with van der Waals surface area (Å²) in [5, 5.41) is 4.42. The summed E-state index contributed by atoms with van der Waals surface area (Å²) in [6.45, 7) is 3.24. The molecule has 32 heavy (non-hydrogen) atoms. The van der Waals surface area contributed by atoms with Crippen molar-refractivity contribution in [1.82, 2.24) is 14.8 Å².